The Kier molecular flexibility index (Phi) is 5.93. The molecule has 0 radical (unpaired) electrons. The minimum atomic E-state index is 0.735. The average molecular weight is 292 g/mol. The van der Waals surface area contributed by atoms with Gasteiger partial charge in [0.25, 0.3) is 0 Å². The van der Waals surface area contributed by atoms with Gasteiger partial charge in [0, 0.05) is 18.9 Å². The predicted octanol–water partition coefficient (Wildman–Crippen LogP) is 4.91. The fourth-order valence-corrected chi connectivity index (χ4v) is 2.54. The number of unbranched alkanes of at least 4 members (excludes halogenated alkanes) is 4. The third-order valence-corrected chi connectivity index (χ3v) is 3.65. The molecule has 0 aliphatic heterocycles. The van der Waals surface area contributed by atoms with E-state index < -0.39 is 0 Å². The lowest BCUT2D eigenvalue weighted by Gasteiger charge is -2.14. The van der Waals surface area contributed by atoms with Crippen LogP contribution in [0.2, 0.25) is 5.02 Å². The summed E-state index contributed by atoms with van der Waals surface area (Å²) in [5, 5.41) is 4.22. The summed E-state index contributed by atoms with van der Waals surface area (Å²) in [6.45, 7) is 3.22. The van der Waals surface area contributed by atoms with Gasteiger partial charge in [-0.05, 0) is 18.6 Å². The molecule has 0 unspecified atom stereocenters. The monoisotopic (exact) mass is 291 g/mol. The van der Waals surface area contributed by atoms with Gasteiger partial charge in [-0.15, -0.1) is 0 Å². The second-order valence-electron chi connectivity index (χ2n) is 4.95. The van der Waals surface area contributed by atoms with Crippen LogP contribution in [0.1, 0.15) is 39.0 Å². The smallest absolute Gasteiger partial charge is 0.0992 e. The number of hydrogen-bond acceptors (Lipinski definition) is 2. The molecule has 1 aromatic heterocycles. The normalized spacial score (nSPS) is 10.7. The van der Waals surface area contributed by atoms with E-state index in [1.807, 2.05) is 22.9 Å². The van der Waals surface area contributed by atoms with E-state index in [4.69, 9.17) is 11.6 Å². The standard InChI is InChI=1S/C16H22ClN3/c1-2-3-4-5-6-10-19-15-9-7-8-14(17)16(15)20-12-11-18-13-20/h7-9,11-13,19H,2-6,10H2,1H3. The highest BCUT2D eigenvalue weighted by Gasteiger charge is 2.08. The maximum Gasteiger partial charge on any atom is 0.0992 e. The number of imidazole rings is 1. The molecule has 2 rings (SSSR count). The van der Waals surface area contributed by atoms with Crippen molar-refractivity contribution in [3.63, 3.8) is 0 Å². The van der Waals surface area contributed by atoms with Crippen LogP contribution in [0.5, 0.6) is 0 Å². The van der Waals surface area contributed by atoms with Crippen molar-refractivity contribution in [2.75, 3.05) is 11.9 Å². The maximum atomic E-state index is 6.31. The lowest BCUT2D eigenvalue weighted by Crippen LogP contribution is -2.05. The van der Waals surface area contributed by atoms with Crippen molar-refractivity contribution in [3.05, 3.63) is 41.9 Å². The number of benzene rings is 1. The van der Waals surface area contributed by atoms with Gasteiger partial charge < -0.3 is 9.88 Å². The van der Waals surface area contributed by atoms with E-state index in [9.17, 15) is 0 Å². The van der Waals surface area contributed by atoms with Gasteiger partial charge in [-0.25, -0.2) is 4.98 Å². The average Bonchev–Trinajstić information content (AvgIpc) is 2.96. The summed E-state index contributed by atoms with van der Waals surface area (Å²) in [5.74, 6) is 0. The molecule has 1 heterocycles. The predicted molar refractivity (Wildman–Crippen MR) is 85.8 cm³/mol. The second kappa shape index (κ2) is 7.95. The molecule has 0 aliphatic carbocycles. The maximum absolute atomic E-state index is 6.31. The van der Waals surface area contributed by atoms with Crippen LogP contribution in [0.25, 0.3) is 5.69 Å². The van der Waals surface area contributed by atoms with Crippen molar-refractivity contribution in [3.8, 4) is 5.69 Å². The number of halogens is 1. The van der Waals surface area contributed by atoms with Gasteiger partial charge in [0.15, 0.2) is 0 Å². The summed E-state index contributed by atoms with van der Waals surface area (Å²) in [6, 6.07) is 5.94. The Morgan fingerprint density at radius 1 is 1.20 bits per heavy atom. The summed E-state index contributed by atoms with van der Waals surface area (Å²) in [4.78, 5) is 4.09. The van der Waals surface area contributed by atoms with Crippen molar-refractivity contribution in [1.82, 2.24) is 9.55 Å². The fraction of sp³-hybridized carbons (Fsp3) is 0.438. The number of rotatable bonds is 8. The Hall–Kier alpha value is -1.48. The first-order chi connectivity index (χ1) is 9.83. The molecule has 20 heavy (non-hydrogen) atoms. The molecule has 0 fully saturated rings. The minimum Gasteiger partial charge on any atom is -0.383 e. The molecule has 2 aromatic rings. The molecular formula is C16H22ClN3. The van der Waals surface area contributed by atoms with E-state index >= 15 is 0 Å². The highest BCUT2D eigenvalue weighted by molar-refractivity contribution is 6.33. The minimum absolute atomic E-state index is 0.735. The SMILES string of the molecule is CCCCCCCNc1cccc(Cl)c1-n1ccnc1. The highest BCUT2D eigenvalue weighted by atomic mass is 35.5. The summed E-state index contributed by atoms with van der Waals surface area (Å²) in [7, 11) is 0. The summed E-state index contributed by atoms with van der Waals surface area (Å²) < 4.78 is 1.95. The fourth-order valence-electron chi connectivity index (χ4n) is 2.26. The van der Waals surface area contributed by atoms with E-state index in [1.54, 1.807) is 12.5 Å². The molecule has 1 N–H and O–H groups in total. The second-order valence-corrected chi connectivity index (χ2v) is 5.35. The van der Waals surface area contributed by atoms with E-state index in [0.29, 0.717) is 0 Å². The largest absolute Gasteiger partial charge is 0.383 e. The number of hydrogen-bond donors (Lipinski definition) is 1. The van der Waals surface area contributed by atoms with Crippen LogP contribution < -0.4 is 5.32 Å². The molecule has 1 aromatic carbocycles. The Morgan fingerprint density at radius 3 is 2.80 bits per heavy atom. The zero-order chi connectivity index (χ0) is 14.2. The zero-order valence-electron chi connectivity index (χ0n) is 12.0. The number of para-hydroxylation sites is 1. The first kappa shape index (κ1) is 14.9. The van der Waals surface area contributed by atoms with Gasteiger partial charge >= 0.3 is 0 Å². The molecule has 0 spiro atoms. The van der Waals surface area contributed by atoms with Gasteiger partial charge in [-0.3, -0.25) is 0 Å². The number of aromatic nitrogens is 2. The van der Waals surface area contributed by atoms with E-state index in [-0.39, 0.29) is 0 Å². The molecule has 0 bridgehead atoms. The van der Waals surface area contributed by atoms with Crippen LogP contribution in [0, 0.1) is 0 Å². The molecule has 4 heteroatoms. The Morgan fingerprint density at radius 2 is 2.05 bits per heavy atom. The van der Waals surface area contributed by atoms with Crippen LogP contribution in [0.4, 0.5) is 5.69 Å². The lowest BCUT2D eigenvalue weighted by molar-refractivity contribution is 0.645. The molecule has 0 aliphatic rings. The van der Waals surface area contributed by atoms with Crippen LogP contribution in [0.3, 0.4) is 0 Å². The topological polar surface area (TPSA) is 29.9 Å². The van der Waals surface area contributed by atoms with Crippen molar-refractivity contribution in [2.45, 2.75) is 39.0 Å². The molecule has 0 atom stereocenters. The van der Waals surface area contributed by atoms with Crippen molar-refractivity contribution in [1.29, 1.82) is 0 Å². The molecule has 0 amide bonds. The summed E-state index contributed by atoms with van der Waals surface area (Å²) in [6.07, 6.45) is 11.9. The highest BCUT2D eigenvalue weighted by Crippen LogP contribution is 2.28. The van der Waals surface area contributed by atoms with Gasteiger partial charge in [0.2, 0.25) is 0 Å². The van der Waals surface area contributed by atoms with Crippen LogP contribution in [-0.4, -0.2) is 16.1 Å². The quantitative estimate of drug-likeness (QED) is 0.701. The van der Waals surface area contributed by atoms with Crippen molar-refractivity contribution in [2.24, 2.45) is 0 Å². The third kappa shape index (κ3) is 4.01. The first-order valence-electron chi connectivity index (χ1n) is 7.33. The van der Waals surface area contributed by atoms with Crippen LogP contribution >= 0.6 is 11.6 Å². The number of nitrogens with zero attached hydrogens (tertiary/aromatic N) is 2. The Labute approximate surface area is 126 Å². The third-order valence-electron chi connectivity index (χ3n) is 3.35. The van der Waals surface area contributed by atoms with Crippen LogP contribution in [0.15, 0.2) is 36.9 Å². The molecule has 0 saturated heterocycles. The van der Waals surface area contributed by atoms with Crippen LogP contribution in [-0.2, 0) is 0 Å². The number of anilines is 1. The number of nitrogens with one attached hydrogen (secondary N) is 1. The van der Waals surface area contributed by atoms with Crippen molar-refractivity contribution >= 4 is 17.3 Å². The van der Waals surface area contributed by atoms with E-state index in [1.165, 1.54) is 32.1 Å². The molecule has 0 saturated carbocycles. The first-order valence-corrected chi connectivity index (χ1v) is 7.71. The van der Waals surface area contributed by atoms with E-state index in [0.717, 1.165) is 22.9 Å². The zero-order valence-corrected chi connectivity index (χ0v) is 12.7. The summed E-state index contributed by atoms with van der Waals surface area (Å²) >= 11 is 6.31. The van der Waals surface area contributed by atoms with Crippen molar-refractivity contribution < 1.29 is 0 Å². The lowest BCUT2D eigenvalue weighted by atomic mass is 10.1. The summed E-state index contributed by atoms with van der Waals surface area (Å²) in [5.41, 5.74) is 2.03. The van der Waals surface area contributed by atoms with Gasteiger partial charge in [-0.1, -0.05) is 50.3 Å². The molecular weight excluding hydrogens is 270 g/mol. The Balaban J connectivity index is 1.96. The van der Waals surface area contributed by atoms with Gasteiger partial charge in [0.1, 0.15) is 0 Å². The van der Waals surface area contributed by atoms with E-state index in [2.05, 4.69) is 23.3 Å². The molecule has 108 valence electrons. The van der Waals surface area contributed by atoms with Gasteiger partial charge in [0.05, 0.1) is 22.7 Å². The molecule has 3 nitrogen and oxygen atoms in total. The Bertz CT molecular complexity index is 508. The van der Waals surface area contributed by atoms with Gasteiger partial charge in [-0.2, -0.15) is 0 Å².